The lowest BCUT2D eigenvalue weighted by atomic mass is 9.79. The van der Waals surface area contributed by atoms with Crippen LogP contribution in [0.15, 0.2) is 43.1 Å². The fourth-order valence-electron chi connectivity index (χ4n) is 3.39. The summed E-state index contributed by atoms with van der Waals surface area (Å²) in [5.41, 5.74) is 7.34. The molecule has 2 aromatic heterocycles. The first-order valence-electron chi connectivity index (χ1n) is 10.1. The molecule has 7 nitrogen and oxygen atoms in total. The fourth-order valence-corrected chi connectivity index (χ4v) is 3.39. The van der Waals surface area contributed by atoms with Gasteiger partial charge in [-0.25, -0.2) is 14.4 Å². The van der Waals surface area contributed by atoms with Gasteiger partial charge in [-0.15, -0.1) is 0 Å². The van der Waals surface area contributed by atoms with Crippen LogP contribution in [-0.2, 0) is 0 Å². The van der Waals surface area contributed by atoms with Crippen molar-refractivity contribution in [2.75, 3.05) is 24.2 Å². The summed E-state index contributed by atoms with van der Waals surface area (Å²) in [6.07, 6.45) is 11.1. The number of rotatable bonds is 8. The summed E-state index contributed by atoms with van der Waals surface area (Å²) >= 11 is 0. The Kier molecular flexibility index (Phi) is 6.02. The molecule has 0 aliphatic heterocycles. The topological polar surface area (TPSA) is 98.8 Å². The van der Waals surface area contributed by atoms with E-state index in [1.54, 1.807) is 24.7 Å². The van der Waals surface area contributed by atoms with Crippen molar-refractivity contribution < 1.29 is 9.13 Å². The Hall–Kier alpha value is -3.29. The van der Waals surface area contributed by atoms with E-state index in [9.17, 15) is 0 Å². The monoisotopic (exact) mass is 408 g/mol. The second-order valence-electron chi connectivity index (χ2n) is 7.69. The van der Waals surface area contributed by atoms with Crippen molar-refractivity contribution in [1.82, 2.24) is 19.9 Å². The van der Waals surface area contributed by atoms with Crippen LogP contribution in [0.5, 0.6) is 5.75 Å². The van der Waals surface area contributed by atoms with Crippen molar-refractivity contribution in [1.29, 1.82) is 0 Å². The molecule has 30 heavy (non-hydrogen) atoms. The molecule has 0 amide bonds. The number of benzene rings is 1. The molecule has 1 aromatic carbocycles. The van der Waals surface area contributed by atoms with Crippen LogP contribution in [0.1, 0.15) is 37.7 Å². The summed E-state index contributed by atoms with van der Waals surface area (Å²) in [7, 11) is 0. The molecule has 1 atom stereocenters. The number of nitrogens with two attached hydrogens (primary N) is 1. The molecule has 1 fully saturated rings. The molecule has 1 unspecified atom stereocenters. The first-order chi connectivity index (χ1) is 14.6. The molecular weight excluding hydrogens is 383 g/mol. The summed E-state index contributed by atoms with van der Waals surface area (Å²) in [6.45, 7) is 3.06. The maximum Gasteiger partial charge on any atom is 0.174 e. The van der Waals surface area contributed by atoms with E-state index in [0.717, 1.165) is 24.8 Å². The van der Waals surface area contributed by atoms with Gasteiger partial charge in [0.25, 0.3) is 0 Å². The first-order valence-corrected chi connectivity index (χ1v) is 10.1. The number of nitrogen functional groups attached to an aromatic ring is 1. The molecule has 2 heterocycles. The molecule has 3 aromatic rings. The van der Waals surface area contributed by atoms with E-state index in [1.165, 1.54) is 12.4 Å². The van der Waals surface area contributed by atoms with Crippen LogP contribution in [0.4, 0.5) is 16.0 Å². The molecular formula is C22H25FN6O. The van der Waals surface area contributed by atoms with Gasteiger partial charge in [0.1, 0.15) is 11.6 Å². The van der Waals surface area contributed by atoms with Crippen molar-refractivity contribution in [3.63, 3.8) is 0 Å². The Morgan fingerprint density at radius 1 is 1.17 bits per heavy atom. The van der Waals surface area contributed by atoms with E-state index < -0.39 is 5.82 Å². The van der Waals surface area contributed by atoms with Crippen molar-refractivity contribution in [3.8, 4) is 17.0 Å². The van der Waals surface area contributed by atoms with E-state index in [4.69, 9.17) is 10.5 Å². The molecule has 0 saturated heterocycles. The second kappa shape index (κ2) is 9.02. The third kappa shape index (κ3) is 4.48. The smallest absolute Gasteiger partial charge is 0.174 e. The Bertz CT molecular complexity index is 979. The summed E-state index contributed by atoms with van der Waals surface area (Å²) in [4.78, 5) is 16.5. The molecule has 8 heteroatoms. The first kappa shape index (κ1) is 20.0. The maximum absolute atomic E-state index is 15.5. The minimum absolute atomic E-state index is 0.139. The second-order valence-corrected chi connectivity index (χ2v) is 7.69. The van der Waals surface area contributed by atoms with E-state index in [1.807, 2.05) is 13.0 Å². The van der Waals surface area contributed by atoms with Gasteiger partial charge >= 0.3 is 0 Å². The quantitative estimate of drug-likeness (QED) is 0.580. The number of anilines is 2. The molecule has 1 aliphatic carbocycles. The van der Waals surface area contributed by atoms with Gasteiger partial charge in [0.05, 0.1) is 30.9 Å². The number of hydrogen-bond donors (Lipinski definition) is 2. The summed E-state index contributed by atoms with van der Waals surface area (Å²) in [5.74, 6) is 1.41. The van der Waals surface area contributed by atoms with E-state index in [0.29, 0.717) is 47.7 Å². The van der Waals surface area contributed by atoms with Crippen LogP contribution in [0.3, 0.4) is 0 Å². The van der Waals surface area contributed by atoms with Crippen LogP contribution in [-0.4, -0.2) is 33.1 Å². The highest BCUT2D eigenvalue weighted by molar-refractivity contribution is 5.64. The van der Waals surface area contributed by atoms with Gasteiger partial charge in [-0.2, -0.15) is 0 Å². The molecule has 1 aliphatic rings. The number of aromatic nitrogens is 4. The minimum Gasteiger partial charge on any atom is -0.490 e. The van der Waals surface area contributed by atoms with Crippen LogP contribution in [0.25, 0.3) is 11.3 Å². The lowest BCUT2D eigenvalue weighted by Gasteiger charge is -2.28. The van der Waals surface area contributed by atoms with Crippen LogP contribution in [0, 0.1) is 11.7 Å². The van der Waals surface area contributed by atoms with Crippen LogP contribution >= 0.6 is 0 Å². The SMILES string of the molecule is CC(CNc1cnccn1)COc1c(C2CCC2)ccc(-c2cnc(N)cn2)c1F. The summed E-state index contributed by atoms with van der Waals surface area (Å²) < 4.78 is 21.5. The Labute approximate surface area is 175 Å². The Morgan fingerprint density at radius 2 is 2.03 bits per heavy atom. The lowest BCUT2D eigenvalue weighted by molar-refractivity contribution is 0.248. The summed E-state index contributed by atoms with van der Waals surface area (Å²) in [6, 6.07) is 3.72. The van der Waals surface area contributed by atoms with E-state index >= 15 is 4.39 Å². The van der Waals surface area contributed by atoms with Gasteiger partial charge in [-0.05, 0) is 24.8 Å². The van der Waals surface area contributed by atoms with E-state index in [-0.39, 0.29) is 5.92 Å². The summed E-state index contributed by atoms with van der Waals surface area (Å²) in [5, 5.41) is 3.22. The van der Waals surface area contributed by atoms with Crippen molar-refractivity contribution in [3.05, 3.63) is 54.5 Å². The molecule has 3 N–H and O–H groups in total. The zero-order chi connectivity index (χ0) is 20.9. The van der Waals surface area contributed by atoms with Gasteiger partial charge in [0, 0.05) is 36.0 Å². The van der Waals surface area contributed by atoms with Crippen LogP contribution < -0.4 is 15.8 Å². The molecule has 4 rings (SSSR count). The molecule has 0 bridgehead atoms. The maximum atomic E-state index is 15.5. The number of hydrogen-bond acceptors (Lipinski definition) is 7. The third-order valence-corrected chi connectivity index (χ3v) is 5.33. The largest absolute Gasteiger partial charge is 0.490 e. The standard InChI is InChI=1S/C22H25FN6O/c1-14(9-29-20-12-25-7-8-26-20)13-30-22-16(15-3-2-4-15)5-6-17(21(22)23)18-10-28-19(24)11-27-18/h5-8,10-12,14-15H,2-4,9,13H2,1H3,(H2,24,28)(H,26,29). The average molecular weight is 408 g/mol. The molecule has 0 radical (unpaired) electrons. The average Bonchev–Trinajstić information content (AvgIpc) is 2.72. The van der Waals surface area contributed by atoms with Crippen molar-refractivity contribution in [2.45, 2.75) is 32.1 Å². The van der Waals surface area contributed by atoms with Gasteiger partial charge in [-0.3, -0.25) is 9.97 Å². The lowest BCUT2D eigenvalue weighted by Crippen LogP contribution is -2.20. The number of ether oxygens (including phenoxy) is 1. The third-order valence-electron chi connectivity index (χ3n) is 5.33. The predicted octanol–water partition coefficient (Wildman–Crippen LogP) is 4.05. The van der Waals surface area contributed by atoms with E-state index in [2.05, 4.69) is 25.3 Å². The van der Waals surface area contributed by atoms with Crippen molar-refractivity contribution >= 4 is 11.6 Å². The minimum atomic E-state index is -0.396. The fraction of sp³-hybridized carbons (Fsp3) is 0.364. The number of nitrogens with one attached hydrogen (secondary N) is 1. The predicted molar refractivity (Wildman–Crippen MR) is 114 cm³/mol. The van der Waals surface area contributed by atoms with Gasteiger partial charge in [0.2, 0.25) is 0 Å². The highest BCUT2D eigenvalue weighted by atomic mass is 19.1. The Balaban J connectivity index is 1.51. The molecule has 156 valence electrons. The molecule has 0 spiro atoms. The molecule has 1 saturated carbocycles. The Morgan fingerprint density at radius 3 is 2.70 bits per heavy atom. The van der Waals surface area contributed by atoms with Gasteiger partial charge in [-0.1, -0.05) is 19.4 Å². The number of halogens is 1. The van der Waals surface area contributed by atoms with Crippen LogP contribution in [0.2, 0.25) is 0 Å². The van der Waals surface area contributed by atoms with Gasteiger partial charge < -0.3 is 15.8 Å². The zero-order valence-corrected chi connectivity index (χ0v) is 16.9. The van der Waals surface area contributed by atoms with Gasteiger partial charge in [0.15, 0.2) is 11.6 Å². The normalized spacial score (nSPS) is 14.7. The highest BCUT2D eigenvalue weighted by Crippen LogP contribution is 2.43. The number of nitrogens with zero attached hydrogens (tertiary/aromatic N) is 4. The highest BCUT2D eigenvalue weighted by Gasteiger charge is 2.27. The van der Waals surface area contributed by atoms with Crippen molar-refractivity contribution in [2.24, 2.45) is 5.92 Å². The zero-order valence-electron chi connectivity index (χ0n) is 16.9.